The van der Waals surface area contributed by atoms with Gasteiger partial charge in [-0.05, 0) is 11.5 Å². The van der Waals surface area contributed by atoms with Crippen molar-refractivity contribution in [1.29, 1.82) is 0 Å². The van der Waals surface area contributed by atoms with E-state index >= 15 is 0 Å². The van der Waals surface area contributed by atoms with E-state index in [-0.39, 0.29) is 5.41 Å². The summed E-state index contributed by atoms with van der Waals surface area (Å²) in [7, 11) is 0. The summed E-state index contributed by atoms with van der Waals surface area (Å²) in [6.07, 6.45) is 1.37. The number of rotatable bonds is 0. The number of halogens is 1. The standard InChI is InChI=1S/C8H11FO/c1-8(2,3)6-4-5-10-7(6)9/h4-5H,1-3H3. The quantitative estimate of drug-likeness (QED) is 0.542. The minimum Gasteiger partial charge on any atom is -0.439 e. The van der Waals surface area contributed by atoms with E-state index < -0.39 is 6.01 Å². The third-order valence-corrected chi connectivity index (χ3v) is 1.43. The fraction of sp³-hybridized carbons (Fsp3) is 0.500. The third-order valence-electron chi connectivity index (χ3n) is 1.43. The van der Waals surface area contributed by atoms with Crippen LogP contribution in [0.15, 0.2) is 16.7 Å². The van der Waals surface area contributed by atoms with Crippen molar-refractivity contribution in [2.75, 3.05) is 0 Å². The molecular weight excluding hydrogens is 131 g/mol. The Balaban J connectivity index is 3.05. The van der Waals surface area contributed by atoms with E-state index in [1.165, 1.54) is 6.26 Å². The maximum Gasteiger partial charge on any atom is 0.281 e. The summed E-state index contributed by atoms with van der Waals surface area (Å²) in [6.45, 7) is 5.84. The van der Waals surface area contributed by atoms with Crippen molar-refractivity contribution in [2.45, 2.75) is 26.2 Å². The van der Waals surface area contributed by atoms with Crippen LogP contribution in [0.5, 0.6) is 0 Å². The molecule has 2 heteroatoms. The summed E-state index contributed by atoms with van der Waals surface area (Å²) >= 11 is 0. The Hall–Kier alpha value is -0.790. The molecule has 0 aliphatic heterocycles. The fourth-order valence-electron chi connectivity index (χ4n) is 0.836. The monoisotopic (exact) mass is 142 g/mol. The molecule has 1 aromatic rings. The van der Waals surface area contributed by atoms with Gasteiger partial charge in [-0.15, -0.1) is 0 Å². The fourth-order valence-corrected chi connectivity index (χ4v) is 0.836. The highest BCUT2D eigenvalue weighted by molar-refractivity contribution is 5.17. The van der Waals surface area contributed by atoms with Gasteiger partial charge in [0.2, 0.25) is 0 Å². The maximum absolute atomic E-state index is 12.7. The molecule has 0 unspecified atom stereocenters. The van der Waals surface area contributed by atoms with E-state index in [4.69, 9.17) is 0 Å². The normalized spacial score (nSPS) is 12.0. The second-order valence-electron chi connectivity index (χ2n) is 3.36. The Morgan fingerprint density at radius 3 is 2.20 bits per heavy atom. The second kappa shape index (κ2) is 2.11. The Kier molecular flexibility index (Phi) is 1.55. The molecule has 0 saturated carbocycles. The largest absolute Gasteiger partial charge is 0.439 e. The van der Waals surface area contributed by atoms with E-state index in [1.54, 1.807) is 6.07 Å². The number of hydrogen-bond donors (Lipinski definition) is 0. The summed E-state index contributed by atoms with van der Waals surface area (Å²) in [5, 5.41) is 0. The van der Waals surface area contributed by atoms with Crippen molar-refractivity contribution in [3.8, 4) is 0 Å². The average Bonchev–Trinajstić information content (AvgIpc) is 2.11. The lowest BCUT2D eigenvalue weighted by atomic mass is 9.89. The first-order valence-corrected chi connectivity index (χ1v) is 3.25. The van der Waals surface area contributed by atoms with Crippen LogP contribution >= 0.6 is 0 Å². The average molecular weight is 142 g/mol. The molecule has 1 heterocycles. The van der Waals surface area contributed by atoms with Crippen molar-refractivity contribution < 1.29 is 8.81 Å². The van der Waals surface area contributed by atoms with Gasteiger partial charge in [-0.3, -0.25) is 0 Å². The molecule has 0 aliphatic carbocycles. The van der Waals surface area contributed by atoms with Crippen LogP contribution < -0.4 is 0 Å². The Morgan fingerprint density at radius 2 is 2.00 bits per heavy atom. The van der Waals surface area contributed by atoms with Gasteiger partial charge in [0, 0.05) is 5.56 Å². The topological polar surface area (TPSA) is 13.1 Å². The van der Waals surface area contributed by atoms with Gasteiger partial charge in [-0.2, -0.15) is 4.39 Å². The van der Waals surface area contributed by atoms with Crippen molar-refractivity contribution in [1.82, 2.24) is 0 Å². The Bertz CT molecular complexity index is 219. The lowest BCUT2D eigenvalue weighted by molar-refractivity contribution is 0.340. The molecule has 0 spiro atoms. The van der Waals surface area contributed by atoms with Gasteiger partial charge >= 0.3 is 0 Å². The van der Waals surface area contributed by atoms with Crippen LogP contribution in [-0.2, 0) is 5.41 Å². The number of furan rings is 1. The Labute approximate surface area is 59.9 Å². The smallest absolute Gasteiger partial charge is 0.281 e. The molecule has 0 fully saturated rings. The van der Waals surface area contributed by atoms with E-state index in [9.17, 15) is 4.39 Å². The predicted molar refractivity (Wildman–Crippen MR) is 37.4 cm³/mol. The minimum absolute atomic E-state index is 0.156. The van der Waals surface area contributed by atoms with Gasteiger partial charge < -0.3 is 4.42 Å². The summed E-state index contributed by atoms with van der Waals surface area (Å²) in [5.74, 6) is 0. The zero-order valence-electron chi connectivity index (χ0n) is 6.44. The first kappa shape index (κ1) is 7.32. The molecule has 0 saturated heterocycles. The van der Waals surface area contributed by atoms with Crippen LogP contribution in [0.1, 0.15) is 26.3 Å². The summed E-state index contributed by atoms with van der Waals surface area (Å²) in [5.41, 5.74) is 0.476. The highest BCUT2D eigenvalue weighted by atomic mass is 19.1. The summed E-state index contributed by atoms with van der Waals surface area (Å²) in [4.78, 5) is 0. The van der Waals surface area contributed by atoms with Crippen LogP contribution in [0.4, 0.5) is 4.39 Å². The molecule has 0 radical (unpaired) electrons. The third kappa shape index (κ3) is 1.20. The highest BCUT2D eigenvalue weighted by Crippen LogP contribution is 2.24. The van der Waals surface area contributed by atoms with Gasteiger partial charge in [0.15, 0.2) is 0 Å². The van der Waals surface area contributed by atoms with Gasteiger partial charge in [0.05, 0.1) is 6.26 Å². The maximum atomic E-state index is 12.7. The van der Waals surface area contributed by atoms with Gasteiger partial charge in [-0.1, -0.05) is 20.8 Å². The van der Waals surface area contributed by atoms with Crippen molar-refractivity contribution in [3.05, 3.63) is 23.9 Å². The second-order valence-corrected chi connectivity index (χ2v) is 3.36. The van der Waals surface area contributed by atoms with E-state index in [1.807, 2.05) is 20.8 Å². The van der Waals surface area contributed by atoms with Crippen LogP contribution in [0.2, 0.25) is 0 Å². The zero-order valence-corrected chi connectivity index (χ0v) is 6.44. The molecule has 0 atom stereocenters. The van der Waals surface area contributed by atoms with E-state index in [0.29, 0.717) is 5.56 Å². The van der Waals surface area contributed by atoms with E-state index in [2.05, 4.69) is 4.42 Å². The predicted octanol–water partition coefficient (Wildman–Crippen LogP) is 2.72. The minimum atomic E-state index is -0.465. The molecule has 56 valence electrons. The molecule has 0 bridgehead atoms. The summed E-state index contributed by atoms with van der Waals surface area (Å²) < 4.78 is 17.2. The highest BCUT2D eigenvalue weighted by Gasteiger charge is 2.19. The molecule has 0 aromatic carbocycles. The van der Waals surface area contributed by atoms with Crippen molar-refractivity contribution in [2.24, 2.45) is 0 Å². The molecule has 1 nitrogen and oxygen atoms in total. The van der Waals surface area contributed by atoms with Crippen LogP contribution in [0.3, 0.4) is 0 Å². The lowest BCUT2D eigenvalue weighted by Gasteiger charge is -2.14. The Morgan fingerprint density at radius 1 is 1.40 bits per heavy atom. The van der Waals surface area contributed by atoms with Crippen molar-refractivity contribution >= 4 is 0 Å². The SMILES string of the molecule is CC(C)(C)c1ccoc1F. The summed E-state index contributed by atoms with van der Waals surface area (Å²) in [6, 6.07) is 1.20. The zero-order chi connectivity index (χ0) is 7.78. The van der Waals surface area contributed by atoms with Crippen molar-refractivity contribution in [3.63, 3.8) is 0 Å². The van der Waals surface area contributed by atoms with Crippen LogP contribution in [0.25, 0.3) is 0 Å². The van der Waals surface area contributed by atoms with Gasteiger partial charge in [-0.25, -0.2) is 0 Å². The molecule has 1 aromatic heterocycles. The van der Waals surface area contributed by atoms with Gasteiger partial charge in [0.1, 0.15) is 0 Å². The molecule has 1 rings (SSSR count). The molecule has 0 aliphatic rings. The van der Waals surface area contributed by atoms with Crippen LogP contribution in [0, 0.1) is 6.01 Å². The van der Waals surface area contributed by atoms with Gasteiger partial charge in [0.25, 0.3) is 6.01 Å². The van der Waals surface area contributed by atoms with E-state index in [0.717, 1.165) is 0 Å². The molecule has 0 N–H and O–H groups in total. The number of hydrogen-bond acceptors (Lipinski definition) is 1. The molecular formula is C8H11FO. The molecule has 0 amide bonds. The molecule has 10 heavy (non-hydrogen) atoms. The first-order chi connectivity index (χ1) is 4.52. The first-order valence-electron chi connectivity index (χ1n) is 3.25. The van der Waals surface area contributed by atoms with Crippen LogP contribution in [-0.4, -0.2) is 0 Å². The lowest BCUT2D eigenvalue weighted by Crippen LogP contribution is -2.11.